The molecular formula is C49H31N3O. The molecule has 53 heavy (non-hydrogen) atoms. The van der Waals surface area contributed by atoms with E-state index >= 15 is 0 Å². The van der Waals surface area contributed by atoms with Gasteiger partial charge < -0.3 is 4.42 Å². The van der Waals surface area contributed by atoms with Crippen LogP contribution in [0.5, 0.6) is 0 Å². The van der Waals surface area contributed by atoms with Gasteiger partial charge in [0, 0.05) is 27.5 Å². The second kappa shape index (κ2) is 12.9. The van der Waals surface area contributed by atoms with Gasteiger partial charge in [-0.15, -0.1) is 0 Å². The highest BCUT2D eigenvalue weighted by atomic mass is 16.3. The van der Waals surface area contributed by atoms with E-state index in [0.717, 1.165) is 60.9 Å². The maximum absolute atomic E-state index is 6.24. The Bertz CT molecular complexity index is 2930. The summed E-state index contributed by atoms with van der Waals surface area (Å²) in [4.78, 5) is 15.1. The Kier molecular flexibility index (Phi) is 7.43. The standard InChI is InChI=1S/C49H31N3O/c1-2-9-32(10-3-1)34-17-22-36(23-18-34)47-50-48(52-49(51-47)42-27-28-44-43-15-6-7-16-45(43)53-46(44)31-42)37-24-19-35(20-25-37)39-13-8-14-40(29-39)41-26-21-33-11-4-5-12-38(33)30-41/h1-31H. The number of benzene rings is 8. The molecule has 0 saturated carbocycles. The predicted octanol–water partition coefficient (Wildman–Crippen LogP) is 12.9. The lowest BCUT2D eigenvalue weighted by Gasteiger charge is -2.10. The summed E-state index contributed by atoms with van der Waals surface area (Å²) in [5, 5.41) is 4.63. The lowest BCUT2D eigenvalue weighted by molar-refractivity contribution is 0.669. The fraction of sp³-hybridized carbons (Fsp3) is 0. The third-order valence-corrected chi connectivity index (χ3v) is 9.94. The van der Waals surface area contributed by atoms with Crippen molar-refractivity contribution in [3.63, 3.8) is 0 Å². The average molecular weight is 678 g/mol. The molecule has 0 saturated heterocycles. The molecule has 4 nitrogen and oxygen atoms in total. The summed E-state index contributed by atoms with van der Waals surface area (Å²) >= 11 is 0. The van der Waals surface area contributed by atoms with Crippen LogP contribution in [0.4, 0.5) is 0 Å². The summed E-state index contributed by atoms with van der Waals surface area (Å²) in [6, 6.07) is 65.4. The normalized spacial score (nSPS) is 11.4. The Morgan fingerprint density at radius 1 is 0.264 bits per heavy atom. The van der Waals surface area contributed by atoms with Gasteiger partial charge in [0.15, 0.2) is 17.5 Å². The molecule has 0 amide bonds. The zero-order valence-corrected chi connectivity index (χ0v) is 28.6. The fourth-order valence-electron chi connectivity index (χ4n) is 7.13. The molecule has 10 aromatic rings. The SMILES string of the molecule is c1ccc(-c2ccc(-c3nc(-c4ccc(-c5cccc(-c6ccc7ccccc7c6)c5)cc4)nc(-c4ccc5c(c4)oc4ccccc45)n3)cc2)cc1. The van der Waals surface area contributed by atoms with Gasteiger partial charge in [-0.1, -0.05) is 158 Å². The molecule has 2 aromatic heterocycles. The molecule has 4 heteroatoms. The lowest BCUT2D eigenvalue weighted by Crippen LogP contribution is -2.00. The summed E-state index contributed by atoms with van der Waals surface area (Å²) in [6.45, 7) is 0. The first-order valence-electron chi connectivity index (χ1n) is 17.8. The summed E-state index contributed by atoms with van der Waals surface area (Å²) in [6.07, 6.45) is 0. The van der Waals surface area contributed by atoms with Crippen LogP contribution in [-0.2, 0) is 0 Å². The third kappa shape index (κ3) is 5.82. The first-order valence-corrected chi connectivity index (χ1v) is 17.8. The van der Waals surface area contributed by atoms with Crippen molar-refractivity contribution in [3.05, 3.63) is 188 Å². The van der Waals surface area contributed by atoms with Gasteiger partial charge in [-0.3, -0.25) is 0 Å². The highest BCUT2D eigenvalue weighted by molar-refractivity contribution is 6.05. The number of nitrogens with zero attached hydrogens (tertiary/aromatic N) is 3. The van der Waals surface area contributed by atoms with Crippen LogP contribution in [0.15, 0.2) is 192 Å². The Morgan fingerprint density at radius 3 is 1.47 bits per heavy atom. The minimum absolute atomic E-state index is 0.589. The highest BCUT2D eigenvalue weighted by Crippen LogP contribution is 2.34. The van der Waals surface area contributed by atoms with Crippen molar-refractivity contribution in [1.82, 2.24) is 15.0 Å². The van der Waals surface area contributed by atoms with E-state index in [1.54, 1.807) is 0 Å². The number of hydrogen-bond donors (Lipinski definition) is 0. The van der Waals surface area contributed by atoms with E-state index in [2.05, 4.69) is 158 Å². The third-order valence-electron chi connectivity index (χ3n) is 9.94. The zero-order chi connectivity index (χ0) is 35.1. The number of para-hydroxylation sites is 1. The molecule has 0 radical (unpaired) electrons. The van der Waals surface area contributed by atoms with Gasteiger partial charge in [-0.2, -0.15) is 0 Å². The molecule has 0 aliphatic rings. The topological polar surface area (TPSA) is 51.8 Å². The predicted molar refractivity (Wildman–Crippen MR) is 217 cm³/mol. The van der Waals surface area contributed by atoms with Gasteiger partial charge >= 0.3 is 0 Å². The van der Waals surface area contributed by atoms with Gasteiger partial charge in [0.1, 0.15) is 11.2 Å². The highest BCUT2D eigenvalue weighted by Gasteiger charge is 2.15. The quantitative estimate of drug-likeness (QED) is 0.176. The number of furan rings is 1. The molecule has 10 rings (SSSR count). The number of aromatic nitrogens is 3. The van der Waals surface area contributed by atoms with Gasteiger partial charge in [0.05, 0.1) is 0 Å². The minimum Gasteiger partial charge on any atom is -0.456 e. The Hall–Kier alpha value is -7.17. The van der Waals surface area contributed by atoms with Gasteiger partial charge in [0.2, 0.25) is 0 Å². The lowest BCUT2D eigenvalue weighted by atomic mass is 9.97. The second-order valence-electron chi connectivity index (χ2n) is 13.3. The molecule has 0 N–H and O–H groups in total. The van der Waals surface area contributed by atoms with Crippen molar-refractivity contribution in [1.29, 1.82) is 0 Å². The molecular weight excluding hydrogens is 647 g/mol. The van der Waals surface area contributed by atoms with Crippen molar-refractivity contribution < 1.29 is 4.42 Å². The van der Waals surface area contributed by atoms with E-state index < -0.39 is 0 Å². The Morgan fingerprint density at radius 2 is 0.736 bits per heavy atom. The molecule has 0 spiro atoms. The van der Waals surface area contributed by atoms with Crippen LogP contribution in [0, 0.1) is 0 Å². The van der Waals surface area contributed by atoms with E-state index in [4.69, 9.17) is 19.4 Å². The van der Waals surface area contributed by atoms with Gasteiger partial charge in [-0.25, -0.2) is 15.0 Å². The Labute approximate surface area is 306 Å². The summed E-state index contributed by atoms with van der Waals surface area (Å²) < 4.78 is 6.24. The molecule has 0 unspecified atom stereocenters. The number of fused-ring (bicyclic) bond motifs is 4. The summed E-state index contributed by atoms with van der Waals surface area (Å²) in [5.41, 5.74) is 11.3. The molecule has 0 fully saturated rings. The maximum atomic E-state index is 6.24. The molecule has 0 aliphatic carbocycles. The number of hydrogen-bond acceptors (Lipinski definition) is 4. The smallest absolute Gasteiger partial charge is 0.164 e. The molecule has 0 atom stereocenters. The van der Waals surface area contributed by atoms with Crippen molar-refractivity contribution in [2.75, 3.05) is 0 Å². The molecule has 0 bridgehead atoms. The largest absolute Gasteiger partial charge is 0.456 e. The Balaban J connectivity index is 1.03. The molecule has 8 aromatic carbocycles. The zero-order valence-electron chi connectivity index (χ0n) is 28.6. The molecule has 0 aliphatic heterocycles. The first-order chi connectivity index (χ1) is 26.2. The fourth-order valence-corrected chi connectivity index (χ4v) is 7.13. The van der Waals surface area contributed by atoms with E-state index in [-0.39, 0.29) is 0 Å². The maximum Gasteiger partial charge on any atom is 0.164 e. The van der Waals surface area contributed by atoms with E-state index in [0.29, 0.717) is 17.5 Å². The van der Waals surface area contributed by atoms with Crippen LogP contribution in [0.3, 0.4) is 0 Å². The van der Waals surface area contributed by atoms with Crippen molar-refractivity contribution in [2.45, 2.75) is 0 Å². The number of rotatable bonds is 6. The van der Waals surface area contributed by atoms with Crippen molar-refractivity contribution in [2.24, 2.45) is 0 Å². The first kappa shape index (κ1) is 30.6. The van der Waals surface area contributed by atoms with Gasteiger partial charge in [-0.05, 0) is 74.5 Å². The molecule has 2 heterocycles. The monoisotopic (exact) mass is 677 g/mol. The van der Waals surface area contributed by atoms with Crippen LogP contribution in [-0.4, -0.2) is 15.0 Å². The summed E-state index contributed by atoms with van der Waals surface area (Å²) in [5.74, 6) is 1.81. The summed E-state index contributed by atoms with van der Waals surface area (Å²) in [7, 11) is 0. The molecule has 248 valence electrons. The van der Waals surface area contributed by atoms with Crippen molar-refractivity contribution in [3.8, 4) is 67.5 Å². The van der Waals surface area contributed by atoms with Crippen LogP contribution < -0.4 is 0 Å². The van der Waals surface area contributed by atoms with E-state index in [1.165, 1.54) is 21.9 Å². The van der Waals surface area contributed by atoms with Crippen LogP contribution in [0.2, 0.25) is 0 Å². The van der Waals surface area contributed by atoms with Gasteiger partial charge in [0.25, 0.3) is 0 Å². The average Bonchev–Trinajstić information content (AvgIpc) is 3.62. The van der Waals surface area contributed by atoms with E-state index in [9.17, 15) is 0 Å². The van der Waals surface area contributed by atoms with Crippen molar-refractivity contribution >= 4 is 32.7 Å². The van der Waals surface area contributed by atoms with E-state index in [1.807, 2.05) is 30.3 Å². The van der Waals surface area contributed by atoms with Crippen LogP contribution in [0.25, 0.3) is 100 Å². The van der Waals surface area contributed by atoms with Crippen LogP contribution in [0.1, 0.15) is 0 Å². The second-order valence-corrected chi connectivity index (χ2v) is 13.3. The van der Waals surface area contributed by atoms with Crippen LogP contribution >= 0.6 is 0 Å². The minimum atomic E-state index is 0.589.